The third-order valence-electron chi connectivity index (χ3n) is 10.2. The quantitative estimate of drug-likeness (QED) is 0.166. The molecule has 0 fully saturated rings. The summed E-state index contributed by atoms with van der Waals surface area (Å²) >= 11 is 0. The monoisotopic (exact) mass is 702 g/mol. The van der Waals surface area contributed by atoms with E-state index in [0.717, 1.165) is 50.1 Å². The van der Waals surface area contributed by atoms with Gasteiger partial charge in [-0.05, 0) is 75.8 Å². The summed E-state index contributed by atoms with van der Waals surface area (Å²) in [5.41, 5.74) is 13.0. The van der Waals surface area contributed by atoms with Crippen molar-refractivity contribution in [2.24, 2.45) is 0 Å². The van der Waals surface area contributed by atoms with E-state index in [0.29, 0.717) is 17.5 Å². The maximum Gasteiger partial charge on any atom is 0.164 e. The Labute approximate surface area is 319 Å². The van der Waals surface area contributed by atoms with E-state index in [1.165, 1.54) is 27.4 Å². The molecule has 10 aromatic rings. The van der Waals surface area contributed by atoms with Crippen LogP contribution in [-0.2, 0) is 0 Å². The van der Waals surface area contributed by atoms with Crippen molar-refractivity contribution in [2.75, 3.05) is 0 Å². The molecule has 0 saturated heterocycles. The van der Waals surface area contributed by atoms with Crippen LogP contribution in [0.4, 0.5) is 0 Å². The third kappa shape index (κ3) is 6.16. The zero-order valence-corrected chi connectivity index (χ0v) is 29.9. The first-order valence-electron chi connectivity index (χ1n) is 18.5. The molecule has 258 valence electrons. The minimum Gasteiger partial charge on any atom is -0.309 e. The molecule has 0 aliphatic heterocycles. The highest BCUT2D eigenvalue weighted by Crippen LogP contribution is 2.38. The molecule has 2 heterocycles. The molecule has 0 unspecified atom stereocenters. The van der Waals surface area contributed by atoms with E-state index in [9.17, 15) is 0 Å². The van der Waals surface area contributed by atoms with Crippen LogP contribution in [0.1, 0.15) is 0 Å². The molecular formula is C51H34N4. The molecule has 4 heteroatoms. The van der Waals surface area contributed by atoms with E-state index in [2.05, 4.69) is 150 Å². The second kappa shape index (κ2) is 13.8. The van der Waals surface area contributed by atoms with Crippen LogP contribution < -0.4 is 0 Å². The summed E-state index contributed by atoms with van der Waals surface area (Å²) in [7, 11) is 0. The van der Waals surface area contributed by atoms with Gasteiger partial charge in [-0.2, -0.15) is 0 Å². The normalized spacial score (nSPS) is 11.3. The Hall–Kier alpha value is -7.43. The Kier molecular flexibility index (Phi) is 8.12. The van der Waals surface area contributed by atoms with Gasteiger partial charge in [0.05, 0.1) is 11.0 Å². The molecule has 0 radical (unpaired) electrons. The van der Waals surface area contributed by atoms with Gasteiger partial charge in [0.1, 0.15) is 0 Å². The van der Waals surface area contributed by atoms with Crippen molar-refractivity contribution in [3.63, 3.8) is 0 Å². The Bertz CT molecular complexity index is 2880. The zero-order valence-electron chi connectivity index (χ0n) is 29.9. The second-order valence-corrected chi connectivity index (χ2v) is 13.7. The lowest BCUT2D eigenvalue weighted by Gasteiger charge is -2.13. The Balaban J connectivity index is 1.19. The van der Waals surface area contributed by atoms with Gasteiger partial charge in [-0.3, -0.25) is 0 Å². The molecule has 10 rings (SSSR count). The Morgan fingerprint density at radius 2 is 0.655 bits per heavy atom. The van der Waals surface area contributed by atoms with Crippen LogP contribution in [0.3, 0.4) is 0 Å². The highest BCUT2D eigenvalue weighted by atomic mass is 15.0. The van der Waals surface area contributed by atoms with Gasteiger partial charge < -0.3 is 4.57 Å². The van der Waals surface area contributed by atoms with Gasteiger partial charge in [0.25, 0.3) is 0 Å². The number of fused-ring (bicyclic) bond motifs is 3. The van der Waals surface area contributed by atoms with Crippen molar-refractivity contribution in [2.45, 2.75) is 0 Å². The van der Waals surface area contributed by atoms with Crippen molar-refractivity contribution in [3.05, 3.63) is 206 Å². The summed E-state index contributed by atoms with van der Waals surface area (Å²) in [5.74, 6) is 1.89. The number of benzene rings is 8. The lowest BCUT2D eigenvalue weighted by molar-refractivity contribution is 1.07. The van der Waals surface area contributed by atoms with Crippen molar-refractivity contribution in [3.8, 4) is 73.2 Å². The lowest BCUT2D eigenvalue weighted by atomic mass is 9.94. The summed E-state index contributed by atoms with van der Waals surface area (Å²) in [6.45, 7) is 0. The largest absolute Gasteiger partial charge is 0.309 e. The molecule has 0 spiro atoms. The third-order valence-corrected chi connectivity index (χ3v) is 10.2. The van der Waals surface area contributed by atoms with Crippen molar-refractivity contribution in [1.82, 2.24) is 19.5 Å². The van der Waals surface area contributed by atoms with Gasteiger partial charge in [0.15, 0.2) is 17.5 Å². The fourth-order valence-electron chi connectivity index (χ4n) is 7.52. The van der Waals surface area contributed by atoms with Crippen LogP contribution in [-0.4, -0.2) is 19.5 Å². The highest BCUT2D eigenvalue weighted by molar-refractivity contribution is 6.10. The highest BCUT2D eigenvalue weighted by Gasteiger charge is 2.17. The number of hydrogen-bond acceptors (Lipinski definition) is 3. The first-order valence-corrected chi connectivity index (χ1v) is 18.5. The van der Waals surface area contributed by atoms with Crippen LogP contribution in [0.25, 0.3) is 95.0 Å². The lowest BCUT2D eigenvalue weighted by Crippen LogP contribution is -2.00. The number of hydrogen-bond donors (Lipinski definition) is 0. The van der Waals surface area contributed by atoms with Crippen molar-refractivity contribution >= 4 is 21.8 Å². The van der Waals surface area contributed by atoms with E-state index < -0.39 is 0 Å². The first kappa shape index (κ1) is 32.2. The molecular weight excluding hydrogens is 669 g/mol. The van der Waals surface area contributed by atoms with Crippen LogP contribution in [0.2, 0.25) is 0 Å². The molecule has 0 N–H and O–H groups in total. The van der Waals surface area contributed by atoms with Gasteiger partial charge in [-0.1, -0.05) is 164 Å². The van der Waals surface area contributed by atoms with Crippen LogP contribution in [0.5, 0.6) is 0 Å². The average molecular weight is 703 g/mol. The number of rotatable bonds is 7. The molecule has 2 aromatic heterocycles. The number of nitrogens with zero attached hydrogens (tertiary/aromatic N) is 4. The summed E-state index contributed by atoms with van der Waals surface area (Å²) < 4.78 is 2.37. The minimum absolute atomic E-state index is 0.621. The molecule has 0 aliphatic carbocycles. The van der Waals surface area contributed by atoms with E-state index in [-0.39, 0.29) is 0 Å². The standard InChI is InChI=1S/C51H34N4/c1-5-15-35(16-6-1)36-25-27-37(28-26-36)41-31-42(40-29-30-46-45-23-13-14-24-47(45)55(48(46)34-40)44-21-11-4-12-22-44)33-43(32-41)51-53-49(38-17-7-2-8-18-38)52-50(54-51)39-19-9-3-10-20-39/h1-34H. The van der Waals surface area contributed by atoms with E-state index in [4.69, 9.17) is 15.0 Å². The van der Waals surface area contributed by atoms with E-state index in [1.807, 2.05) is 60.7 Å². The maximum absolute atomic E-state index is 5.13. The van der Waals surface area contributed by atoms with E-state index >= 15 is 0 Å². The van der Waals surface area contributed by atoms with Crippen molar-refractivity contribution < 1.29 is 0 Å². The molecule has 0 saturated carbocycles. The second-order valence-electron chi connectivity index (χ2n) is 13.7. The topological polar surface area (TPSA) is 43.6 Å². The molecule has 0 aliphatic rings. The summed E-state index contributed by atoms with van der Waals surface area (Å²) in [6.07, 6.45) is 0. The summed E-state index contributed by atoms with van der Waals surface area (Å²) in [6, 6.07) is 72.4. The maximum atomic E-state index is 5.13. The molecule has 4 nitrogen and oxygen atoms in total. The van der Waals surface area contributed by atoms with Gasteiger partial charge in [0.2, 0.25) is 0 Å². The molecule has 55 heavy (non-hydrogen) atoms. The minimum atomic E-state index is 0.621. The molecule has 0 amide bonds. The summed E-state index contributed by atoms with van der Waals surface area (Å²) in [5, 5.41) is 2.45. The fraction of sp³-hybridized carbons (Fsp3) is 0. The van der Waals surface area contributed by atoms with Gasteiger partial charge in [0, 0.05) is 33.2 Å². The Morgan fingerprint density at radius 1 is 0.255 bits per heavy atom. The molecule has 0 atom stereocenters. The van der Waals surface area contributed by atoms with Gasteiger partial charge >= 0.3 is 0 Å². The Morgan fingerprint density at radius 3 is 1.25 bits per heavy atom. The van der Waals surface area contributed by atoms with Gasteiger partial charge in [-0.15, -0.1) is 0 Å². The van der Waals surface area contributed by atoms with E-state index in [1.54, 1.807) is 0 Å². The van der Waals surface area contributed by atoms with Crippen molar-refractivity contribution in [1.29, 1.82) is 0 Å². The molecule has 0 bridgehead atoms. The SMILES string of the molecule is c1ccc(-c2ccc(-c3cc(-c4ccc5c6ccccc6n(-c6ccccc6)c5c4)cc(-c4nc(-c5ccccc5)nc(-c5ccccc5)n4)c3)cc2)cc1. The fourth-order valence-corrected chi connectivity index (χ4v) is 7.52. The predicted octanol–water partition coefficient (Wildman–Crippen LogP) is 13.0. The molecule has 8 aromatic carbocycles. The number of aromatic nitrogens is 4. The zero-order chi connectivity index (χ0) is 36.6. The van der Waals surface area contributed by atoms with Crippen LogP contribution in [0, 0.1) is 0 Å². The first-order chi connectivity index (χ1) is 27.2. The predicted molar refractivity (Wildman–Crippen MR) is 227 cm³/mol. The number of para-hydroxylation sites is 2. The smallest absolute Gasteiger partial charge is 0.164 e. The van der Waals surface area contributed by atoms with Crippen LogP contribution >= 0.6 is 0 Å². The average Bonchev–Trinajstić information content (AvgIpc) is 3.61. The van der Waals surface area contributed by atoms with Gasteiger partial charge in [-0.25, -0.2) is 15.0 Å². The summed E-state index contributed by atoms with van der Waals surface area (Å²) in [4.78, 5) is 15.2. The van der Waals surface area contributed by atoms with Crippen LogP contribution in [0.15, 0.2) is 206 Å².